The molecule has 1 aliphatic carbocycles. The monoisotopic (exact) mass is 342 g/mol. The Labute approximate surface area is 143 Å². The summed E-state index contributed by atoms with van der Waals surface area (Å²) >= 11 is 0. The molecule has 1 fully saturated rings. The lowest BCUT2D eigenvalue weighted by Gasteiger charge is -2.25. The van der Waals surface area contributed by atoms with Gasteiger partial charge in [0, 0.05) is 6.20 Å². The second kappa shape index (κ2) is 6.56. The molecule has 3 aromatic heterocycles. The third kappa shape index (κ3) is 3.20. The van der Waals surface area contributed by atoms with Crippen LogP contribution in [0.1, 0.15) is 42.2 Å². The van der Waals surface area contributed by atoms with E-state index in [0.717, 1.165) is 25.7 Å². The fourth-order valence-electron chi connectivity index (χ4n) is 3.12. The summed E-state index contributed by atoms with van der Waals surface area (Å²) in [6.45, 7) is 0. The maximum Gasteiger partial charge on any atom is 0.278 e. The SMILES string of the molecule is O=C(Nc1cnn(C2CCC(O)CC2)c1)c1nocc1-c1ccco1. The van der Waals surface area contributed by atoms with Crippen LogP contribution in [0.15, 0.2) is 46.0 Å². The summed E-state index contributed by atoms with van der Waals surface area (Å²) in [4.78, 5) is 12.5. The van der Waals surface area contributed by atoms with Crippen LogP contribution in [0.2, 0.25) is 0 Å². The van der Waals surface area contributed by atoms with Crippen molar-refractivity contribution in [3.8, 4) is 11.3 Å². The first-order chi connectivity index (χ1) is 12.2. The fourth-order valence-corrected chi connectivity index (χ4v) is 3.12. The summed E-state index contributed by atoms with van der Waals surface area (Å²) in [5.41, 5.74) is 1.24. The molecule has 0 radical (unpaired) electrons. The maximum atomic E-state index is 12.5. The van der Waals surface area contributed by atoms with Gasteiger partial charge in [0.2, 0.25) is 0 Å². The highest BCUT2D eigenvalue weighted by Crippen LogP contribution is 2.29. The highest BCUT2D eigenvalue weighted by atomic mass is 16.5. The van der Waals surface area contributed by atoms with E-state index in [1.807, 2.05) is 4.68 Å². The number of carbonyl (C=O) groups is 1. The summed E-state index contributed by atoms with van der Waals surface area (Å²) in [6, 6.07) is 3.72. The summed E-state index contributed by atoms with van der Waals surface area (Å²) in [5, 5.41) is 20.5. The second-order valence-corrected chi connectivity index (χ2v) is 6.18. The average molecular weight is 342 g/mol. The number of furan rings is 1. The van der Waals surface area contributed by atoms with E-state index in [1.54, 1.807) is 24.5 Å². The number of aliphatic hydroxyl groups excluding tert-OH is 1. The number of carbonyl (C=O) groups excluding carboxylic acids is 1. The van der Waals surface area contributed by atoms with Gasteiger partial charge in [0.15, 0.2) is 5.69 Å². The van der Waals surface area contributed by atoms with Crippen LogP contribution in [0.3, 0.4) is 0 Å². The van der Waals surface area contributed by atoms with E-state index in [2.05, 4.69) is 15.6 Å². The summed E-state index contributed by atoms with van der Waals surface area (Å²) in [5.74, 6) is 0.127. The van der Waals surface area contributed by atoms with Gasteiger partial charge in [0.05, 0.1) is 35.9 Å². The lowest BCUT2D eigenvalue weighted by atomic mass is 9.93. The minimum absolute atomic E-state index is 0.156. The van der Waals surface area contributed by atoms with Gasteiger partial charge >= 0.3 is 0 Å². The number of rotatable bonds is 4. The predicted octanol–water partition coefficient (Wildman–Crippen LogP) is 2.86. The Morgan fingerprint density at radius 3 is 2.92 bits per heavy atom. The highest BCUT2D eigenvalue weighted by Gasteiger charge is 2.23. The van der Waals surface area contributed by atoms with Crippen LogP contribution in [-0.2, 0) is 0 Å². The molecular formula is C17H18N4O4. The molecule has 0 spiro atoms. The van der Waals surface area contributed by atoms with E-state index < -0.39 is 5.91 Å². The molecule has 8 heteroatoms. The fraction of sp³-hybridized carbons (Fsp3) is 0.353. The molecule has 3 heterocycles. The molecular weight excluding hydrogens is 324 g/mol. The van der Waals surface area contributed by atoms with Crippen LogP contribution in [-0.4, -0.2) is 32.1 Å². The number of nitrogens with zero attached hydrogens (tertiary/aromatic N) is 3. The third-order valence-corrected chi connectivity index (χ3v) is 4.47. The quantitative estimate of drug-likeness (QED) is 0.755. The zero-order chi connectivity index (χ0) is 17.2. The van der Waals surface area contributed by atoms with Gasteiger partial charge < -0.3 is 19.4 Å². The van der Waals surface area contributed by atoms with Crippen molar-refractivity contribution in [2.75, 3.05) is 5.32 Å². The zero-order valence-corrected chi connectivity index (χ0v) is 13.5. The van der Waals surface area contributed by atoms with Crippen molar-refractivity contribution >= 4 is 11.6 Å². The van der Waals surface area contributed by atoms with Crippen LogP contribution in [0.5, 0.6) is 0 Å². The Bertz CT molecular complexity index is 844. The lowest BCUT2D eigenvalue weighted by molar-refractivity contribution is 0.101. The van der Waals surface area contributed by atoms with Crippen LogP contribution >= 0.6 is 0 Å². The Morgan fingerprint density at radius 1 is 1.32 bits per heavy atom. The highest BCUT2D eigenvalue weighted by molar-refractivity contribution is 6.06. The molecule has 25 heavy (non-hydrogen) atoms. The maximum absolute atomic E-state index is 12.5. The second-order valence-electron chi connectivity index (χ2n) is 6.18. The van der Waals surface area contributed by atoms with Crippen molar-refractivity contribution in [2.45, 2.75) is 37.8 Å². The molecule has 130 valence electrons. The standard InChI is InChI=1S/C17H18N4O4/c22-13-5-3-12(4-6-13)21-9-11(8-18-21)19-17(23)16-14(10-25-20-16)15-2-1-7-24-15/h1-2,7-10,12-13,22H,3-6H2,(H,19,23). The summed E-state index contributed by atoms with van der Waals surface area (Å²) in [6.07, 6.45) is 9.40. The van der Waals surface area contributed by atoms with Crippen molar-refractivity contribution in [2.24, 2.45) is 0 Å². The van der Waals surface area contributed by atoms with E-state index in [1.165, 1.54) is 12.5 Å². The molecule has 1 amide bonds. The minimum Gasteiger partial charge on any atom is -0.464 e. The molecule has 0 saturated heterocycles. The molecule has 0 unspecified atom stereocenters. The van der Waals surface area contributed by atoms with Gasteiger partial charge in [-0.15, -0.1) is 0 Å². The molecule has 1 aliphatic rings. The first-order valence-electron chi connectivity index (χ1n) is 8.22. The number of aliphatic hydroxyl groups is 1. The predicted molar refractivity (Wildman–Crippen MR) is 87.9 cm³/mol. The molecule has 4 rings (SSSR count). The Morgan fingerprint density at radius 2 is 2.16 bits per heavy atom. The van der Waals surface area contributed by atoms with Gasteiger partial charge in [-0.05, 0) is 37.8 Å². The van der Waals surface area contributed by atoms with Gasteiger partial charge in [-0.3, -0.25) is 9.48 Å². The molecule has 8 nitrogen and oxygen atoms in total. The Kier molecular flexibility index (Phi) is 4.10. The Balaban J connectivity index is 1.46. The molecule has 0 atom stereocenters. The molecule has 3 aromatic rings. The first kappa shape index (κ1) is 15.6. The molecule has 0 aromatic carbocycles. The van der Waals surface area contributed by atoms with E-state index in [4.69, 9.17) is 8.94 Å². The molecule has 2 N–H and O–H groups in total. The molecule has 0 bridgehead atoms. The number of hydrogen-bond donors (Lipinski definition) is 2. The Hall–Kier alpha value is -2.87. The number of hydrogen-bond acceptors (Lipinski definition) is 6. The van der Waals surface area contributed by atoms with E-state index >= 15 is 0 Å². The largest absolute Gasteiger partial charge is 0.464 e. The van der Waals surface area contributed by atoms with E-state index in [-0.39, 0.29) is 17.8 Å². The molecule has 0 aliphatic heterocycles. The van der Waals surface area contributed by atoms with E-state index in [0.29, 0.717) is 17.0 Å². The van der Waals surface area contributed by atoms with Gasteiger partial charge in [0.25, 0.3) is 5.91 Å². The van der Waals surface area contributed by atoms with Crippen LogP contribution in [0.4, 0.5) is 5.69 Å². The van der Waals surface area contributed by atoms with Crippen molar-refractivity contribution in [1.29, 1.82) is 0 Å². The van der Waals surface area contributed by atoms with Crippen molar-refractivity contribution in [1.82, 2.24) is 14.9 Å². The number of amides is 1. The normalized spacial score (nSPS) is 20.5. The topological polar surface area (TPSA) is 106 Å². The minimum atomic E-state index is -0.390. The van der Waals surface area contributed by atoms with Crippen LogP contribution < -0.4 is 5.32 Å². The van der Waals surface area contributed by atoms with Crippen molar-refractivity contribution in [3.63, 3.8) is 0 Å². The smallest absolute Gasteiger partial charge is 0.278 e. The van der Waals surface area contributed by atoms with Gasteiger partial charge in [-0.2, -0.15) is 5.10 Å². The van der Waals surface area contributed by atoms with Crippen molar-refractivity contribution < 1.29 is 18.8 Å². The van der Waals surface area contributed by atoms with E-state index in [9.17, 15) is 9.90 Å². The number of aromatic nitrogens is 3. The van der Waals surface area contributed by atoms with Crippen LogP contribution in [0, 0.1) is 0 Å². The first-order valence-corrected chi connectivity index (χ1v) is 8.22. The number of nitrogens with one attached hydrogen (secondary N) is 1. The third-order valence-electron chi connectivity index (χ3n) is 4.47. The number of anilines is 1. The summed E-state index contributed by atoms with van der Waals surface area (Å²) < 4.78 is 12.1. The van der Waals surface area contributed by atoms with Crippen LogP contribution in [0.25, 0.3) is 11.3 Å². The van der Waals surface area contributed by atoms with Crippen molar-refractivity contribution in [3.05, 3.63) is 42.7 Å². The summed E-state index contributed by atoms with van der Waals surface area (Å²) in [7, 11) is 0. The van der Waals surface area contributed by atoms with Gasteiger partial charge in [-0.25, -0.2) is 0 Å². The zero-order valence-electron chi connectivity index (χ0n) is 13.5. The average Bonchev–Trinajstić information content (AvgIpc) is 3.36. The van der Waals surface area contributed by atoms with Gasteiger partial charge in [-0.1, -0.05) is 5.16 Å². The lowest BCUT2D eigenvalue weighted by Crippen LogP contribution is -2.21. The molecule has 1 saturated carbocycles. The van der Waals surface area contributed by atoms with Gasteiger partial charge in [0.1, 0.15) is 12.0 Å².